The molecule has 0 spiro atoms. The van der Waals surface area contributed by atoms with E-state index in [2.05, 4.69) is 10.2 Å². The molecule has 2 rings (SSSR count). The van der Waals surface area contributed by atoms with E-state index in [0.29, 0.717) is 17.0 Å². The lowest BCUT2D eigenvalue weighted by molar-refractivity contribution is 0.0999. The number of nitrogens with zero attached hydrogens (tertiary/aromatic N) is 2. The predicted octanol–water partition coefficient (Wildman–Crippen LogP) is 4.30. The molecule has 5 nitrogen and oxygen atoms in total. The first-order chi connectivity index (χ1) is 9.20. The Hall–Kier alpha value is -2.40. The maximum Gasteiger partial charge on any atom is 0.251 e. The third-order valence-corrected chi connectivity index (χ3v) is 2.45. The van der Waals surface area contributed by atoms with E-state index in [1.807, 2.05) is 0 Å². The van der Waals surface area contributed by atoms with E-state index < -0.39 is 5.78 Å². The highest BCUT2D eigenvalue weighted by molar-refractivity contribution is 6.30. The van der Waals surface area contributed by atoms with Crippen molar-refractivity contribution >= 4 is 23.1 Å². The molecule has 0 aliphatic heterocycles. The molecule has 0 radical (unpaired) electrons. The standard InChI is InChI=1S/C13H9ClN2O3/c14-9-3-5-10(6-4-9)15-16-11(8-17)13(18)12-2-1-7-19-12/h1-8,17H. The van der Waals surface area contributed by atoms with Gasteiger partial charge in [-0.2, -0.15) is 5.11 Å². The summed E-state index contributed by atoms with van der Waals surface area (Å²) in [4.78, 5) is 11.8. The van der Waals surface area contributed by atoms with E-state index in [0.717, 1.165) is 0 Å². The molecule has 1 heterocycles. The van der Waals surface area contributed by atoms with Crippen molar-refractivity contribution in [3.8, 4) is 0 Å². The molecule has 0 aliphatic rings. The van der Waals surface area contributed by atoms with Crippen LogP contribution in [0.15, 0.2) is 69.3 Å². The highest BCUT2D eigenvalue weighted by atomic mass is 35.5. The Morgan fingerprint density at radius 3 is 2.58 bits per heavy atom. The summed E-state index contributed by atoms with van der Waals surface area (Å²) in [6, 6.07) is 9.61. The van der Waals surface area contributed by atoms with E-state index in [1.165, 1.54) is 12.3 Å². The zero-order valence-electron chi connectivity index (χ0n) is 9.65. The second-order valence-electron chi connectivity index (χ2n) is 3.50. The summed E-state index contributed by atoms with van der Waals surface area (Å²) in [7, 11) is 0. The lowest BCUT2D eigenvalue weighted by Gasteiger charge is -1.96. The normalized spacial score (nSPS) is 11.9. The summed E-state index contributed by atoms with van der Waals surface area (Å²) < 4.78 is 4.93. The molecule has 6 heteroatoms. The lowest BCUT2D eigenvalue weighted by atomic mass is 10.2. The van der Waals surface area contributed by atoms with Crippen LogP contribution in [0.4, 0.5) is 5.69 Å². The van der Waals surface area contributed by atoms with Crippen molar-refractivity contribution in [3.05, 3.63) is 65.4 Å². The molecule has 0 amide bonds. The summed E-state index contributed by atoms with van der Waals surface area (Å²) in [6.07, 6.45) is 1.95. The van der Waals surface area contributed by atoms with Gasteiger partial charge in [-0.05, 0) is 36.4 Å². The maximum atomic E-state index is 11.8. The van der Waals surface area contributed by atoms with Crippen LogP contribution in [0.3, 0.4) is 0 Å². The van der Waals surface area contributed by atoms with Crippen molar-refractivity contribution in [2.75, 3.05) is 0 Å². The van der Waals surface area contributed by atoms with Crippen LogP contribution in [0.2, 0.25) is 5.02 Å². The van der Waals surface area contributed by atoms with Gasteiger partial charge in [0.1, 0.15) is 6.26 Å². The third kappa shape index (κ3) is 3.29. The average molecular weight is 277 g/mol. The predicted molar refractivity (Wildman–Crippen MR) is 69.7 cm³/mol. The topological polar surface area (TPSA) is 75.2 Å². The zero-order chi connectivity index (χ0) is 13.7. The minimum Gasteiger partial charge on any atom is -0.513 e. The number of ketones is 1. The van der Waals surface area contributed by atoms with Gasteiger partial charge in [0.25, 0.3) is 5.78 Å². The Balaban J connectivity index is 2.16. The highest BCUT2D eigenvalue weighted by Gasteiger charge is 2.14. The van der Waals surface area contributed by atoms with Crippen LogP contribution in [-0.4, -0.2) is 10.9 Å². The van der Waals surface area contributed by atoms with Crippen molar-refractivity contribution in [1.29, 1.82) is 0 Å². The Morgan fingerprint density at radius 1 is 1.26 bits per heavy atom. The van der Waals surface area contributed by atoms with E-state index in [9.17, 15) is 4.79 Å². The van der Waals surface area contributed by atoms with Crippen LogP contribution in [0, 0.1) is 0 Å². The van der Waals surface area contributed by atoms with Crippen molar-refractivity contribution in [3.63, 3.8) is 0 Å². The van der Waals surface area contributed by atoms with Gasteiger partial charge in [-0.25, -0.2) is 0 Å². The van der Waals surface area contributed by atoms with Crippen molar-refractivity contribution in [2.24, 2.45) is 10.2 Å². The molecule has 0 atom stereocenters. The first-order valence-corrected chi connectivity index (χ1v) is 5.68. The fourth-order valence-corrected chi connectivity index (χ4v) is 1.41. The number of carbonyl (C=O) groups excluding carboxylic acids is 1. The summed E-state index contributed by atoms with van der Waals surface area (Å²) >= 11 is 5.73. The highest BCUT2D eigenvalue weighted by Crippen LogP contribution is 2.18. The van der Waals surface area contributed by atoms with Gasteiger partial charge in [0.05, 0.1) is 12.0 Å². The van der Waals surface area contributed by atoms with Gasteiger partial charge in [0, 0.05) is 5.02 Å². The number of furan rings is 1. The van der Waals surface area contributed by atoms with Crippen LogP contribution in [0.1, 0.15) is 10.6 Å². The number of allylic oxidation sites excluding steroid dienone is 1. The third-order valence-electron chi connectivity index (χ3n) is 2.20. The molecule has 96 valence electrons. The van der Waals surface area contributed by atoms with Crippen LogP contribution in [0.5, 0.6) is 0 Å². The van der Waals surface area contributed by atoms with E-state index in [-0.39, 0.29) is 11.5 Å². The Kier molecular flexibility index (Phi) is 4.10. The first kappa shape index (κ1) is 13.0. The monoisotopic (exact) mass is 276 g/mol. The molecule has 0 fully saturated rings. The number of hydrogen-bond donors (Lipinski definition) is 1. The van der Waals surface area contributed by atoms with Crippen molar-refractivity contribution in [2.45, 2.75) is 0 Å². The average Bonchev–Trinajstić information content (AvgIpc) is 2.95. The number of hydrogen-bond acceptors (Lipinski definition) is 5. The number of carbonyl (C=O) groups is 1. The van der Waals surface area contributed by atoms with Crippen LogP contribution in [0.25, 0.3) is 0 Å². The Bertz CT molecular complexity index is 616. The molecular weight excluding hydrogens is 268 g/mol. The van der Waals surface area contributed by atoms with Gasteiger partial charge in [0.2, 0.25) is 0 Å². The molecule has 0 bridgehead atoms. The molecule has 19 heavy (non-hydrogen) atoms. The second-order valence-corrected chi connectivity index (χ2v) is 3.93. The van der Waals surface area contributed by atoms with Crippen LogP contribution in [-0.2, 0) is 0 Å². The van der Waals surface area contributed by atoms with Gasteiger partial charge in [0.15, 0.2) is 11.5 Å². The molecule has 2 aromatic rings. The lowest BCUT2D eigenvalue weighted by Crippen LogP contribution is -1.99. The van der Waals surface area contributed by atoms with E-state index in [1.54, 1.807) is 30.3 Å². The molecule has 1 aromatic heterocycles. The molecule has 1 N–H and O–H groups in total. The fraction of sp³-hybridized carbons (Fsp3) is 0. The second kappa shape index (κ2) is 5.97. The number of Topliss-reactive ketones (excluding diaryl/α,β-unsaturated/α-hetero) is 1. The molecule has 0 aliphatic carbocycles. The van der Waals surface area contributed by atoms with Gasteiger partial charge >= 0.3 is 0 Å². The largest absolute Gasteiger partial charge is 0.513 e. The molecular formula is C13H9ClN2O3. The van der Waals surface area contributed by atoms with Crippen molar-refractivity contribution in [1.82, 2.24) is 0 Å². The summed E-state index contributed by atoms with van der Waals surface area (Å²) in [5.74, 6) is -0.472. The van der Waals surface area contributed by atoms with Gasteiger partial charge in [-0.1, -0.05) is 11.6 Å². The number of rotatable bonds is 4. The quantitative estimate of drug-likeness (QED) is 0.391. The molecule has 0 saturated carbocycles. The fourth-order valence-electron chi connectivity index (χ4n) is 1.28. The van der Waals surface area contributed by atoms with Crippen LogP contribution >= 0.6 is 11.6 Å². The Morgan fingerprint density at radius 2 is 2.00 bits per heavy atom. The summed E-state index contributed by atoms with van der Waals surface area (Å²) in [6.45, 7) is 0. The summed E-state index contributed by atoms with van der Waals surface area (Å²) in [5.41, 5.74) is 0.292. The van der Waals surface area contributed by atoms with E-state index >= 15 is 0 Å². The number of aliphatic hydroxyl groups is 1. The van der Waals surface area contributed by atoms with E-state index in [4.69, 9.17) is 21.1 Å². The number of aliphatic hydroxyl groups excluding tert-OH is 1. The SMILES string of the molecule is O=C(C(=CO)N=Nc1ccc(Cl)cc1)c1ccco1. The van der Waals surface area contributed by atoms with Gasteiger partial charge in [-0.3, -0.25) is 4.79 Å². The molecule has 1 aromatic carbocycles. The van der Waals surface area contributed by atoms with Crippen molar-refractivity contribution < 1.29 is 14.3 Å². The zero-order valence-corrected chi connectivity index (χ0v) is 10.4. The van der Waals surface area contributed by atoms with Crippen LogP contribution < -0.4 is 0 Å². The Labute approximate surface area is 113 Å². The minimum atomic E-state index is -0.551. The van der Waals surface area contributed by atoms with Gasteiger partial charge < -0.3 is 9.52 Å². The first-order valence-electron chi connectivity index (χ1n) is 5.30. The smallest absolute Gasteiger partial charge is 0.251 e. The molecule has 0 saturated heterocycles. The van der Waals surface area contributed by atoms with Gasteiger partial charge in [-0.15, -0.1) is 5.11 Å². The molecule has 0 unspecified atom stereocenters. The minimum absolute atomic E-state index is 0.0790. The number of halogens is 1. The number of benzene rings is 1. The number of azo groups is 1. The summed E-state index contributed by atoms with van der Waals surface area (Å²) in [5, 5.41) is 17.1. The maximum absolute atomic E-state index is 11.8.